The molecule has 12 heteroatoms. The molecular weight excluding hydrogens is 580 g/mol. The molecular formula is C33H38N4O8. The van der Waals surface area contributed by atoms with Gasteiger partial charge in [-0.15, -0.1) is 0 Å². The number of aromatic hydroxyl groups is 1. The number of nitrogens with zero attached hydrogens (tertiary/aromatic N) is 2. The number of amides is 1. The lowest BCUT2D eigenvalue weighted by Crippen LogP contribution is -2.70. The van der Waals surface area contributed by atoms with Crippen LogP contribution in [-0.4, -0.2) is 104 Å². The fourth-order valence-electron chi connectivity index (χ4n) is 7.64. The van der Waals surface area contributed by atoms with Crippen molar-refractivity contribution in [3.8, 4) is 5.75 Å². The highest BCUT2D eigenvalue weighted by Crippen LogP contribution is 2.53. The number of aliphatic hydroxyl groups excluding tert-OH is 3. The molecule has 1 saturated heterocycles. The molecule has 1 aliphatic heterocycles. The number of fused-ring (bicyclic) bond motifs is 3. The Morgan fingerprint density at radius 2 is 1.73 bits per heavy atom. The van der Waals surface area contributed by atoms with E-state index in [0.29, 0.717) is 11.3 Å². The van der Waals surface area contributed by atoms with Crippen LogP contribution >= 0.6 is 0 Å². The number of piperidine rings is 1. The number of phenolic OH excluding ortho intramolecular Hbond substituents is 1. The zero-order valence-corrected chi connectivity index (χ0v) is 25.1. The molecule has 2 fully saturated rings. The van der Waals surface area contributed by atoms with Crippen molar-refractivity contribution in [3.63, 3.8) is 0 Å². The summed E-state index contributed by atoms with van der Waals surface area (Å²) in [4.78, 5) is 43.2. The molecule has 1 saturated carbocycles. The third-order valence-electron chi connectivity index (χ3n) is 9.87. The highest BCUT2D eigenvalue weighted by molar-refractivity contribution is 6.24. The Hall–Kier alpha value is -4.23. The molecule has 5 atom stereocenters. The van der Waals surface area contributed by atoms with Gasteiger partial charge in [0.1, 0.15) is 22.8 Å². The molecule has 0 radical (unpaired) electrons. The summed E-state index contributed by atoms with van der Waals surface area (Å²) in [6.45, 7) is 2.55. The number of likely N-dealkylation sites (tertiary alicyclic amines) is 1. The van der Waals surface area contributed by atoms with E-state index in [0.717, 1.165) is 32.5 Å². The monoisotopic (exact) mass is 618 g/mol. The smallest absolute Gasteiger partial charge is 0.255 e. The number of phenols is 1. The van der Waals surface area contributed by atoms with E-state index in [1.165, 1.54) is 24.6 Å². The van der Waals surface area contributed by atoms with E-state index in [4.69, 9.17) is 5.73 Å². The van der Waals surface area contributed by atoms with E-state index in [1.54, 1.807) is 12.1 Å². The SMILES string of the molecule is CN(C)[C@H]1C(=O)C(C(N)=O)=C(O)[C@]2(O)C(=O)C3=C(O)c4c(ccc(NC5CCN(Cc6ccccc6)CC5)c4O)C[C@@H]3[C@@H](O)[C@H]12. The molecule has 1 heterocycles. The van der Waals surface area contributed by atoms with Crippen molar-refractivity contribution >= 4 is 28.9 Å². The number of anilines is 1. The number of Topliss-reactive ketones (excluding diaryl/α,β-unsaturated/α-hetero) is 2. The van der Waals surface area contributed by atoms with Gasteiger partial charge in [-0.25, -0.2) is 0 Å². The Kier molecular flexibility index (Phi) is 7.72. The molecule has 1 amide bonds. The summed E-state index contributed by atoms with van der Waals surface area (Å²) in [5.41, 5.74) is 3.13. The van der Waals surface area contributed by atoms with Crippen molar-refractivity contribution in [2.45, 2.75) is 49.6 Å². The molecule has 0 unspecified atom stereocenters. The maximum atomic E-state index is 14.1. The van der Waals surface area contributed by atoms with Crippen LogP contribution < -0.4 is 11.1 Å². The Morgan fingerprint density at radius 3 is 2.36 bits per heavy atom. The van der Waals surface area contributed by atoms with Crippen LogP contribution in [0.5, 0.6) is 5.75 Å². The van der Waals surface area contributed by atoms with E-state index in [9.17, 15) is 39.9 Å². The molecule has 238 valence electrons. The van der Waals surface area contributed by atoms with Crippen LogP contribution in [0.15, 0.2) is 59.4 Å². The molecule has 8 N–H and O–H groups in total. The van der Waals surface area contributed by atoms with E-state index in [-0.39, 0.29) is 23.8 Å². The first-order valence-corrected chi connectivity index (χ1v) is 15.1. The molecule has 6 rings (SSSR count). The van der Waals surface area contributed by atoms with Gasteiger partial charge in [-0.3, -0.25) is 24.2 Å². The Balaban J connectivity index is 1.31. The van der Waals surface area contributed by atoms with Crippen LogP contribution in [0, 0.1) is 11.8 Å². The molecule has 0 spiro atoms. The van der Waals surface area contributed by atoms with Gasteiger partial charge >= 0.3 is 0 Å². The molecule has 2 aromatic rings. The molecule has 3 aliphatic carbocycles. The zero-order chi connectivity index (χ0) is 32.4. The number of benzene rings is 2. The Bertz CT molecular complexity index is 1630. The molecule has 45 heavy (non-hydrogen) atoms. The van der Waals surface area contributed by atoms with E-state index >= 15 is 0 Å². The number of hydrogen-bond donors (Lipinski definition) is 7. The minimum atomic E-state index is -2.93. The summed E-state index contributed by atoms with van der Waals surface area (Å²) in [5.74, 6) is -8.28. The molecule has 0 aromatic heterocycles. The summed E-state index contributed by atoms with van der Waals surface area (Å²) in [5, 5.41) is 60.6. The van der Waals surface area contributed by atoms with Crippen LogP contribution in [-0.2, 0) is 27.3 Å². The predicted octanol–water partition coefficient (Wildman–Crippen LogP) is 1.01. The van der Waals surface area contributed by atoms with Crippen molar-refractivity contribution in [2.24, 2.45) is 17.6 Å². The second kappa shape index (κ2) is 11.3. The summed E-state index contributed by atoms with van der Waals surface area (Å²) < 4.78 is 0. The van der Waals surface area contributed by atoms with Crippen LogP contribution in [0.2, 0.25) is 0 Å². The van der Waals surface area contributed by atoms with Crippen molar-refractivity contribution in [1.82, 2.24) is 9.80 Å². The van der Waals surface area contributed by atoms with Crippen molar-refractivity contribution in [2.75, 3.05) is 32.5 Å². The summed E-state index contributed by atoms with van der Waals surface area (Å²) in [6.07, 6.45) is 0.0300. The topological polar surface area (TPSA) is 197 Å². The number of rotatable bonds is 6. The van der Waals surface area contributed by atoms with Crippen molar-refractivity contribution in [3.05, 3.63) is 76.1 Å². The number of ketones is 2. The van der Waals surface area contributed by atoms with Gasteiger partial charge in [-0.2, -0.15) is 0 Å². The number of primary amides is 1. The third-order valence-corrected chi connectivity index (χ3v) is 9.87. The molecule has 0 bridgehead atoms. The first-order chi connectivity index (χ1) is 21.4. The fraction of sp³-hybridized carbons (Fsp3) is 0.424. The molecule has 2 aromatic carbocycles. The van der Waals surface area contributed by atoms with Gasteiger partial charge in [-0.1, -0.05) is 36.4 Å². The predicted molar refractivity (Wildman–Crippen MR) is 164 cm³/mol. The minimum absolute atomic E-state index is 0.00141. The van der Waals surface area contributed by atoms with E-state index in [2.05, 4.69) is 22.3 Å². The highest BCUT2D eigenvalue weighted by atomic mass is 16.4. The van der Waals surface area contributed by atoms with Crippen LogP contribution in [0.25, 0.3) is 5.76 Å². The van der Waals surface area contributed by atoms with E-state index < -0.39 is 69.7 Å². The first kappa shape index (κ1) is 30.8. The Morgan fingerprint density at radius 1 is 1.07 bits per heavy atom. The second-order valence-corrected chi connectivity index (χ2v) is 12.7. The lowest BCUT2D eigenvalue weighted by atomic mass is 9.56. The number of aliphatic hydroxyl groups is 4. The lowest BCUT2D eigenvalue weighted by molar-refractivity contribution is -0.168. The largest absolute Gasteiger partial charge is 0.508 e. The van der Waals surface area contributed by atoms with Gasteiger partial charge in [0.2, 0.25) is 5.78 Å². The lowest BCUT2D eigenvalue weighted by Gasteiger charge is -2.52. The minimum Gasteiger partial charge on any atom is -0.508 e. The number of nitrogens with two attached hydrogens (primary N) is 1. The summed E-state index contributed by atoms with van der Waals surface area (Å²) >= 11 is 0. The number of likely N-dealkylation sites (N-methyl/N-ethyl adjacent to an activating group) is 1. The normalized spacial score (nSPS) is 29.0. The first-order valence-electron chi connectivity index (χ1n) is 15.1. The average Bonchev–Trinajstić information content (AvgIpc) is 3.00. The van der Waals surface area contributed by atoms with Gasteiger partial charge in [0, 0.05) is 37.2 Å². The van der Waals surface area contributed by atoms with Gasteiger partial charge in [0.15, 0.2) is 11.4 Å². The van der Waals surface area contributed by atoms with E-state index in [1.807, 2.05) is 18.2 Å². The number of carbonyl (C=O) groups is 3. The maximum absolute atomic E-state index is 14.1. The van der Waals surface area contributed by atoms with Crippen LogP contribution in [0.1, 0.15) is 29.5 Å². The van der Waals surface area contributed by atoms with Crippen molar-refractivity contribution in [1.29, 1.82) is 0 Å². The van der Waals surface area contributed by atoms with Gasteiger partial charge in [0.25, 0.3) is 5.91 Å². The third kappa shape index (κ3) is 4.80. The Labute approximate surface area is 260 Å². The highest BCUT2D eigenvalue weighted by Gasteiger charge is 2.67. The maximum Gasteiger partial charge on any atom is 0.255 e. The van der Waals surface area contributed by atoms with Gasteiger partial charge in [0.05, 0.1) is 29.3 Å². The number of nitrogens with one attached hydrogen (secondary N) is 1. The molecule has 12 nitrogen and oxygen atoms in total. The fourth-order valence-corrected chi connectivity index (χ4v) is 7.64. The standard InChI is InChI=1S/C33H38N4O8/c1-36(2)25-24-26(38)19-14-17-8-9-20(35-18-10-12-37(13-11-18)15-16-6-4-3-5-7-16)27(39)21(17)28(40)22(19)30(42)33(24,45)31(43)23(29(25)41)32(34)44/h3-9,18-19,24-26,35,38-40,43,45H,10-15H2,1-2H3,(H2,34,44)/t19-,24-,25+,26+,33+/m0/s1. The quantitative estimate of drug-likeness (QED) is 0.180. The number of carbonyl (C=O) groups excluding carboxylic acids is 3. The molecule has 4 aliphatic rings. The zero-order valence-electron chi connectivity index (χ0n) is 25.1. The summed E-state index contributed by atoms with van der Waals surface area (Å²) in [7, 11) is 2.94. The average molecular weight is 619 g/mol. The second-order valence-electron chi connectivity index (χ2n) is 12.7. The van der Waals surface area contributed by atoms with Crippen LogP contribution in [0.4, 0.5) is 5.69 Å². The van der Waals surface area contributed by atoms with Crippen molar-refractivity contribution < 1.29 is 39.9 Å². The van der Waals surface area contributed by atoms with Crippen LogP contribution in [0.3, 0.4) is 0 Å². The van der Waals surface area contributed by atoms with Gasteiger partial charge in [-0.05, 0) is 50.6 Å². The summed E-state index contributed by atoms with van der Waals surface area (Å²) in [6, 6.07) is 12.3. The number of hydrogen-bond acceptors (Lipinski definition) is 11. The van der Waals surface area contributed by atoms with Gasteiger partial charge < -0.3 is 36.6 Å².